The number of ether oxygens (including phenoxy) is 4. The summed E-state index contributed by atoms with van der Waals surface area (Å²) in [6, 6.07) is 6.29. The molecule has 244 valence electrons. The van der Waals surface area contributed by atoms with Crippen LogP contribution in [0.1, 0.15) is 69.7 Å². The minimum Gasteiger partial charge on any atom is -0.481 e. The predicted octanol–water partition coefficient (Wildman–Crippen LogP) is 6.49. The Morgan fingerprint density at radius 3 is 2.56 bits per heavy atom. The highest BCUT2D eigenvalue weighted by molar-refractivity contribution is 5.90. The Balaban J connectivity index is 1.68. The minimum atomic E-state index is -4.63. The van der Waals surface area contributed by atoms with Crippen LogP contribution in [0, 0.1) is 11.3 Å². The van der Waals surface area contributed by atoms with Crippen molar-refractivity contribution in [1.29, 1.82) is 0 Å². The maximum Gasteiger partial charge on any atom is 0.417 e. The molecule has 0 bridgehead atoms. The zero-order valence-electron chi connectivity index (χ0n) is 26.1. The van der Waals surface area contributed by atoms with Crippen LogP contribution >= 0.6 is 0 Å². The molecule has 0 radical (unpaired) electrons. The summed E-state index contributed by atoms with van der Waals surface area (Å²) in [7, 11) is 1.31. The van der Waals surface area contributed by atoms with Gasteiger partial charge in [-0.15, -0.1) is 0 Å². The van der Waals surface area contributed by atoms with Gasteiger partial charge in [0.15, 0.2) is 0 Å². The van der Waals surface area contributed by atoms with Crippen molar-refractivity contribution in [2.24, 2.45) is 11.3 Å². The van der Waals surface area contributed by atoms with Crippen molar-refractivity contribution in [2.75, 3.05) is 20.3 Å². The molecule has 0 spiro atoms. The van der Waals surface area contributed by atoms with E-state index in [-0.39, 0.29) is 30.6 Å². The molecular weight excluding hydrogens is 593 g/mol. The summed E-state index contributed by atoms with van der Waals surface area (Å²) in [5.74, 6) is -1.64. The molecule has 2 aliphatic rings. The normalized spacial score (nSPS) is 24.2. The molecule has 2 saturated heterocycles. The second-order valence-corrected chi connectivity index (χ2v) is 12.5. The molecule has 0 unspecified atom stereocenters. The molecule has 2 aliphatic heterocycles. The number of aromatic nitrogens is 1. The Hall–Kier alpha value is -3.64. The van der Waals surface area contributed by atoms with E-state index < -0.39 is 53.3 Å². The number of halogens is 3. The number of nitrogens with zero attached hydrogens (tertiary/aromatic N) is 2. The summed E-state index contributed by atoms with van der Waals surface area (Å²) in [5.41, 5.74) is -0.414. The molecule has 1 aromatic carbocycles. The Morgan fingerprint density at radius 1 is 1.13 bits per heavy atom. The van der Waals surface area contributed by atoms with Gasteiger partial charge in [-0.25, -0.2) is 9.78 Å². The van der Waals surface area contributed by atoms with Crippen molar-refractivity contribution in [3.63, 3.8) is 0 Å². The fraction of sp³-hybridized carbons (Fsp3) is 0.545. The van der Waals surface area contributed by atoms with Crippen LogP contribution in [0.2, 0.25) is 0 Å². The number of hydrogen-bond donors (Lipinski definition) is 0. The number of methoxy groups -OCH3 is 1. The average molecular weight is 633 g/mol. The first-order valence-corrected chi connectivity index (χ1v) is 15.1. The van der Waals surface area contributed by atoms with Crippen LogP contribution in [0.25, 0.3) is 11.0 Å². The first-order valence-electron chi connectivity index (χ1n) is 15.1. The Morgan fingerprint density at radius 2 is 1.91 bits per heavy atom. The van der Waals surface area contributed by atoms with Gasteiger partial charge < -0.3 is 28.3 Å². The van der Waals surface area contributed by atoms with Crippen LogP contribution in [0.3, 0.4) is 0 Å². The molecule has 0 saturated carbocycles. The third kappa shape index (κ3) is 6.53. The summed E-state index contributed by atoms with van der Waals surface area (Å²) < 4.78 is 70.2. The molecule has 45 heavy (non-hydrogen) atoms. The molecule has 0 aliphatic carbocycles. The van der Waals surface area contributed by atoms with Gasteiger partial charge in [0.2, 0.25) is 5.88 Å². The maximum absolute atomic E-state index is 14.5. The van der Waals surface area contributed by atoms with Gasteiger partial charge in [0, 0.05) is 35.2 Å². The molecule has 4 heterocycles. The number of alkyl halides is 3. The monoisotopic (exact) mass is 632 g/mol. The van der Waals surface area contributed by atoms with Crippen molar-refractivity contribution in [2.45, 2.75) is 84.0 Å². The summed E-state index contributed by atoms with van der Waals surface area (Å²) in [5, 5.41) is 0.781. The second-order valence-electron chi connectivity index (χ2n) is 12.5. The molecule has 3 aromatic rings. The van der Waals surface area contributed by atoms with E-state index in [2.05, 4.69) is 4.98 Å². The quantitative estimate of drug-likeness (QED) is 0.260. The molecule has 9 nitrogen and oxygen atoms in total. The number of esters is 1. The standard InChI is InChI=1S/C33H39F3N2O7/c1-6-42-31(40)26-24(32(2,3)4)28(45-18-20-16-21(33(34,35)36)17-37-29(20)41-5)25(22-11-9-10-19-13-15-44-27(19)22)38(26)30(39)23-12-7-8-14-43-23/h9-11,13,15-17,23-26,28H,6-8,12,14,18H2,1-5H3/t23-,24+,25-,26-,28-/m0/s1. The molecule has 5 rings (SSSR count). The molecule has 1 amide bonds. The molecule has 5 atom stereocenters. The Kier molecular flexibility index (Phi) is 9.46. The van der Waals surface area contributed by atoms with Crippen LogP contribution in [0.5, 0.6) is 5.88 Å². The second kappa shape index (κ2) is 13.0. The van der Waals surface area contributed by atoms with E-state index >= 15 is 0 Å². The maximum atomic E-state index is 14.5. The van der Waals surface area contributed by atoms with E-state index in [9.17, 15) is 22.8 Å². The Bertz CT molecular complexity index is 1510. The largest absolute Gasteiger partial charge is 0.481 e. The summed E-state index contributed by atoms with van der Waals surface area (Å²) in [6.45, 7) is 7.66. The lowest BCUT2D eigenvalue weighted by atomic mass is 9.73. The number of para-hydroxylation sites is 1. The SMILES string of the molecule is CCOC(=O)[C@@H]1[C@@H](C(C)(C)C)[C@H](OCc2cc(C(F)(F)F)cnc2OC)[C@H](c2cccc3ccoc23)N1C(=O)[C@@H]1CCCCO1. The third-order valence-electron chi connectivity index (χ3n) is 8.55. The number of amides is 1. The number of pyridine rings is 1. The van der Waals surface area contributed by atoms with E-state index in [1.807, 2.05) is 39.0 Å². The topological polar surface area (TPSA) is 100 Å². The predicted molar refractivity (Wildman–Crippen MR) is 157 cm³/mol. The Labute approximate surface area is 260 Å². The lowest BCUT2D eigenvalue weighted by Gasteiger charge is -2.36. The van der Waals surface area contributed by atoms with E-state index in [0.29, 0.717) is 30.4 Å². The fourth-order valence-corrected chi connectivity index (χ4v) is 6.61. The van der Waals surface area contributed by atoms with Gasteiger partial charge in [-0.3, -0.25) is 4.79 Å². The van der Waals surface area contributed by atoms with Gasteiger partial charge in [0.05, 0.1) is 44.3 Å². The van der Waals surface area contributed by atoms with Crippen LogP contribution in [0.15, 0.2) is 47.2 Å². The van der Waals surface area contributed by atoms with E-state index in [1.165, 1.54) is 12.0 Å². The highest BCUT2D eigenvalue weighted by atomic mass is 19.4. The van der Waals surface area contributed by atoms with Gasteiger partial charge in [0.1, 0.15) is 17.7 Å². The van der Waals surface area contributed by atoms with Crippen molar-refractivity contribution >= 4 is 22.8 Å². The highest BCUT2D eigenvalue weighted by Crippen LogP contribution is 2.52. The number of rotatable bonds is 8. The molecular formula is C33H39F3N2O7. The summed E-state index contributed by atoms with van der Waals surface area (Å²) >= 11 is 0. The van der Waals surface area contributed by atoms with Crippen molar-refractivity contribution in [3.05, 3.63) is 59.5 Å². The third-order valence-corrected chi connectivity index (χ3v) is 8.55. The summed E-state index contributed by atoms with van der Waals surface area (Å²) in [4.78, 5) is 33.7. The summed E-state index contributed by atoms with van der Waals surface area (Å²) in [6.07, 6.45) is -1.95. The zero-order valence-corrected chi connectivity index (χ0v) is 26.1. The van der Waals surface area contributed by atoms with Crippen molar-refractivity contribution in [3.8, 4) is 5.88 Å². The van der Waals surface area contributed by atoms with Crippen molar-refractivity contribution in [1.82, 2.24) is 9.88 Å². The zero-order chi connectivity index (χ0) is 32.5. The van der Waals surface area contributed by atoms with E-state index in [4.69, 9.17) is 23.4 Å². The van der Waals surface area contributed by atoms with E-state index in [0.717, 1.165) is 24.3 Å². The van der Waals surface area contributed by atoms with Gasteiger partial charge in [-0.1, -0.05) is 39.0 Å². The van der Waals surface area contributed by atoms with Gasteiger partial charge >= 0.3 is 12.1 Å². The molecule has 2 fully saturated rings. The number of carbonyl (C=O) groups is 2. The highest BCUT2D eigenvalue weighted by Gasteiger charge is 2.60. The molecule has 12 heteroatoms. The molecule has 2 aromatic heterocycles. The van der Waals surface area contributed by atoms with Crippen LogP contribution in [0.4, 0.5) is 13.2 Å². The lowest BCUT2D eigenvalue weighted by molar-refractivity contribution is -0.162. The number of hydrogen-bond acceptors (Lipinski definition) is 8. The number of benzene rings is 1. The molecule has 0 N–H and O–H groups in total. The first kappa shape index (κ1) is 32.7. The van der Waals surface area contributed by atoms with Gasteiger partial charge in [-0.05, 0) is 43.7 Å². The van der Waals surface area contributed by atoms with Gasteiger partial charge in [0.25, 0.3) is 5.91 Å². The minimum absolute atomic E-state index is 0.0246. The number of likely N-dealkylation sites (tertiary alicyclic amines) is 1. The van der Waals surface area contributed by atoms with Gasteiger partial charge in [-0.2, -0.15) is 13.2 Å². The first-order chi connectivity index (χ1) is 21.4. The number of carbonyl (C=O) groups excluding carboxylic acids is 2. The van der Waals surface area contributed by atoms with Crippen LogP contribution in [-0.2, 0) is 36.6 Å². The number of fused-ring (bicyclic) bond motifs is 1. The number of furan rings is 1. The van der Waals surface area contributed by atoms with E-state index in [1.54, 1.807) is 19.3 Å². The lowest BCUT2D eigenvalue weighted by Crippen LogP contribution is -2.51. The van der Waals surface area contributed by atoms with Crippen LogP contribution in [-0.4, -0.2) is 60.3 Å². The smallest absolute Gasteiger partial charge is 0.417 e. The van der Waals surface area contributed by atoms with Crippen LogP contribution < -0.4 is 4.74 Å². The van der Waals surface area contributed by atoms with Crippen molar-refractivity contribution < 1.29 is 46.1 Å². The fourth-order valence-electron chi connectivity index (χ4n) is 6.61. The average Bonchev–Trinajstić information content (AvgIpc) is 3.62.